The van der Waals surface area contributed by atoms with Gasteiger partial charge in [-0.2, -0.15) is 0 Å². The van der Waals surface area contributed by atoms with Crippen molar-refractivity contribution in [3.8, 4) is 0 Å². The molecule has 1 aliphatic heterocycles. The highest BCUT2D eigenvalue weighted by Gasteiger charge is 2.59. The van der Waals surface area contributed by atoms with Crippen LogP contribution in [0.4, 0.5) is 11.4 Å². The van der Waals surface area contributed by atoms with Crippen molar-refractivity contribution in [2.75, 3.05) is 16.8 Å². The molecule has 7 nitrogen and oxygen atoms in total. The molecule has 1 heterocycles. The van der Waals surface area contributed by atoms with E-state index in [9.17, 15) is 19.2 Å². The van der Waals surface area contributed by atoms with Gasteiger partial charge in [-0.25, -0.2) is 9.69 Å². The molecule has 0 spiro atoms. The Morgan fingerprint density at radius 3 is 2.36 bits per heavy atom. The number of benzene rings is 2. The van der Waals surface area contributed by atoms with Crippen molar-refractivity contribution < 1.29 is 23.9 Å². The average molecular weight is 485 g/mol. The number of halogens is 2. The normalized spacial score (nSPS) is 24.8. The monoisotopic (exact) mass is 484 g/mol. The quantitative estimate of drug-likeness (QED) is 0.391. The number of fused-ring (bicyclic) bond motifs is 5. The number of esters is 1. The van der Waals surface area contributed by atoms with E-state index < -0.39 is 18.5 Å². The zero-order valence-corrected chi connectivity index (χ0v) is 18.7. The maximum atomic E-state index is 13.0. The summed E-state index contributed by atoms with van der Waals surface area (Å²) < 4.78 is 5.10. The van der Waals surface area contributed by atoms with Crippen LogP contribution in [0.1, 0.15) is 16.8 Å². The van der Waals surface area contributed by atoms with Crippen LogP contribution in [0.2, 0.25) is 10.0 Å². The minimum absolute atomic E-state index is 0.0993. The van der Waals surface area contributed by atoms with E-state index in [-0.39, 0.29) is 46.1 Å². The van der Waals surface area contributed by atoms with Gasteiger partial charge in [-0.1, -0.05) is 41.4 Å². The third kappa shape index (κ3) is 3.81. The molecule has 3 amide bonds. The first-order valence-electron chi connectivity index (χ1n) is 10.4. The molecule has 4 atom stereocenters. The molecular weight excluding hydrogens is 467 g/mol. The Labute approximate surface area is 199 Å². The Bertz CT molecular complexity index is 1200. The zero-order valence-electron chi connectivity index (χ0n) is 17.2. The Kier molecular flexibility index (Phi) is 5.46. The number of rotatable bonds is 5. The molecule has 0 unspecified atom stereocenters. The smallest absolute Gasteiger partial charge is 0.338 e. The maximum Gasteiger partial charge on any atom is 0.338 e. The molecule has 2 fully saturated rings. The number of hydrogen-bond acceptors (Lipinski definition) is 5. The fourth-order valence-corrected chi connectivity index (χ4v) is 5.38. The molecule has 9 heteroatoms. The fraction of sp³-hybridized carbons (Fsp3) is 0.250. The van der Waals surface area contributed by atoms with Gasteiger partial charge in [0.25, 0.3) is 5.91 Å². The standard InChI is InChI=1S/C24H18Cl2N2O5/c25-15-6-7-18(17(26)10-15)27-19(29)11-33-24(32)14-2-1-3-16(9-14)28-22(30)20-12-4-5-13(8-12)21(20)23(28)31/h1-7,9-10,12-13,20-21H,8,11H2,(H,27,29)/t12-,13-,20+,21+/m0/s1. The molecule has 2 bridgehead atoms. The van der Waals surface area contributed by atoms with Crippen LogP contribution in [0.5, 0.6) is 0 Å². The van der Waals surface area contributed by atoms with E-state index in [0.29, 0.717) is 16.4 Å². The number of hydrogen-bond donors (Lipinski definition) is 1. The van der Waals surface area contributed by atoms with Crippen LogP contribution in [-0.4, -0.2) is 30.3 Å². The van der Waals surface area contributed by atoms with Crippen LogP contribution in [-0.2, 0) is 19.1 Å². The van der Waals surface area contributed by atoms with Gasteiger partial charge < -0.3 is 10.1 Å². The topological polar surface area (TPSA) is 92.8 Å². The highest BCUT2D eigenvalue weighted by atomic mass is 35.5. The molecule has 0 aromatic heterocycles. The summed E-state index contributed by atoms with van der Waals surface area (Å²) >= 11 is 11.9. The summed E-state index contributed by atoms with van der Waals surface area (Å²) in [5, 5.41) is 3.21. The Morgan fingerprint density at radius 2 is 1.70 bits per heavy atom. The first kappa shape index (κ1) is 21.7. The lowest BCUT2D eigenvalue weighted by Gasteiger charge is -2.18. The van der Waals surface area contributed by atoms with E-state index in [1.807, 2.05) is 12.2 Å². The van der Waals surface area contributed by atoms with Crippen molar-refractivity contribution >= 4 is 58.3 Å². The molecular formula is C24H18Cl2N2O5. The summed E-state index contributed by atoms with van der Waals surface area (Å²) in [6, 6.07) is 10.7. The van der Waals surface area contributed by atoms with Gasteiger partial charge in [-0.15, -0.1) is 0 Å². The maximum absolute atomic E-state index is 13.0. The SMILES string of the molecule is O=C(COC(=O)c1cccc(N2C(=O)[C@H]3[C@H](C2=O)[C@H]2C=C[C@H]3C2)c1)Nc1ccc(Cl)cc1Cl. The molecule has 5 rings (SSSR count). The predicted octanol–water partition coefficient (Wildman–Crippen LogP) is 4.10. The number of imide groups is 1. The van der Waals surface area contributed by atoms with Gasteiger partial charge in [0, 0.05) is 5.02 Å². The van der Waals surface area contributed by atoms with Gasteiger partial charge in [0.1, 0.15) is 0 Å². The Hall–Kier alpha value is -3.16. The number of amides is 3. The van der Waals surface area contributed by atoms with E-state index in [2.05, 4.69) is 5.32 Å². The molecule has 2 aliphatic carbocycles. The average Bonchev–Trinajstić information content (AvgIpc) is 3.48. The molecule has 1 N–H and O–H groups in total. The molecule has 3 aliphatic rings. The molecule has 2 aromatic carbocycles. The van der Waals surface area contributed by atoms with Crippen LogP contribution in [0.15, 0.2) is 54.6 Å². The second kappa shape index (κ2) is 8.32. The van der Waals surface area contributed by atoms with E-state index in [1.165, 1.54) is 29.2 Å². The van der Waals surface area contributed by atoms with E-state index in [0.717, 1.165) is 6.42 Å². The molecule has 0 radical (unpaired) electrons. The van der Waals surface area contributed by atoms with Crippen molar-refractivity contribution in [1.29, 1.82) is 0 Å². The molecule has 33 heavy (non-hydrogen) atoms. The van der Waals surface area contributed by atoms with Crippen molar-refractivity contribution in [1.82, 2.24) is 0 Å². The number of allylic oxidation sites excluding steroid dienone is 2. The number of anilines is 2. The van der Waals surface area contributed by atoms with Crippen molar-refractivity contribution in [2.24, 2.45) is 23.7 Å². The number of carbonyl (C=O) groups is 4. The van der Waals surface area contributed by atoms with Crippen molar-refractivity contribution in [3.63, 3.8) is 0 Å². The van der Waals surface area contributed by atoms with Gasteiger partial charge >= 0.3 is 5.97 Å². The third-order valence-electron chi connectivity index (χ3n) is 6.35. The summed E-state index contributed by atoms with van der Waals surface area (Å²) in [4.78, 5) is 51.8. The van der Waals surface area contributed by atoms with Gasteiger partial charge in [-0.05, 0) is 54.7 Å². The molecule has 1 saturated heterocycles. The summed E-state index contributed by atoms with van der Waals surface area (Å²) in [5.41, 5.74) is 0.790. The van der Waals surface area contributed by atoms with Crippen LogP contribution >= 0.6 is 23.2 Å². The Morgan fingerprint density at radius 1 is 1.00 bits per heavy atom. The van der Waals surface area contributed by atoms with Crippen LogP contribution < -0.4 is 10.2 Å². The van der Waals surface area contributed by atoms with E-state index in [4.69, 9.17) is 27.9 Å². The van der Waals surface area contributed by atoms with E-state index in [1.54, 1.807) is 18.2 Å². The van der Waals surface area contributed by atoms with Crippen LogP contribution in [0.3, 0.4) is 0 Å². The lowest BCUT2D eigenvalue weighted by Crippen LogP contribution is -2.33. The highest BCUT2D eigenvalue weighted by Crippen LogP contribution is 2.53. The molecule has 2 aromatic rings. The van der Waals surface area contributed by atoms with Crippen LogP contribution in [0, 0.1) is 23.7 Å². The summed E-state index contributed by atoms with van der Waals surface area (Å²) in [7, 11) is 0. The number of nitrogens with zero attached hydrogens (tertiary/aromatic N) is 1. The fourth-order valence-electron chi connectivity index (χ4n) is 4.92. The van der Waals surface area contributed by atoms with Crippen molar-refractivity contribution in [3.05, 3.63) is 70.2 Å². The number of carbonyl (C=O) groups excluding carboxylic acids is 4. The second-order valence-electron chi connectivity index (χ2n) is 8.31. The first-order valence-corrected chi connectivity index (χ1v) is 11.2. The lowest BCUT2D eigenvalue weighted by molar-refractivity contribution is -0.123. The summed E-state index contributed by atoms with van der Waals surface area (Å²) in [5.74, 6) is -2.25. The minimum atomic E-state index is -0.754. The number of ether oxygens (including phenoxy) is 1. The molecule has 1 saturated carbocycles. The van der Waals surface area contributed by atoms with Crippen molar-refractivity contribution in [2.45, 2.75) is 6.42 Å². The predicted molar refractivity (Wildman–Crippen MR) is 122 cm³/mol. The lowest BCUT2D eigenvalue weighted by atomic mass is 9.85. The second-order valence-corrected chi connectivity index (χ2v) is 9.15. The van der Waals surface area contributed by atoms with Gasteiger partial charge in [0.2, 0.25) is 11.8 Å². The largest absolute Gasteiger partial charge is 0.452 e. The molecule has 168 valence electrons. The highest BCUT2D eigenvalue weighted by molar-refractivity contribution is 6.36. The third-order valence-corrected chi connectivity index (χ3v) is 6.90. The van der Waals surface area contributed by atoms with E-state index >= 15 is 0 Å². The summed E-state index contributed by atoms with van der Waals surface area (Å²) in [6.07, 6.45) is 4.89. The van der Waals surface area contributed by atoms with Gasteiger partial charge in [0.05, 0.1) is 33.8 Å². The Balaban J connectivity index is 1.25. The van der Waals surface area contributed by atoms with Crippen LogP contribution in [0.25, 0.3) is 0 Å². The van der Waals surface area contributed by atoms with Gasteiger partial charge in [-0.3, -0.25) is 14.4 Å². The first-order chi connectivity index (χ1) is 15.8. The summed E-state index contributed by atoms with van der Waals surface area (Å²) in [6.45, 7) is -0.539. The number of nitrogens with one attached hydrogen (secondary N) is 1. The van der Waals surface area contributed by atoms with Gasteiger partial charge in [0.15, 0.2) is 6.61 Å². The minimum Gasteiger partial charge on any atom is -0.452 e. The zero-order chi connectivity index (χ0) is 23.3.